The lowest BCUT2D eigenvalue weighted by Crippen LogP contribution is -1.90. The number of oxazole rings is 1. The lowest BCUT2D eigenvalue weighted by molar-refractivity contribution is 0.109. The number of hydrogen-bond donors (Lipinski definition) is 0. The fourth-order valence-corrected chi connectivity index (χ4v) is 2.25. The molecule has 0 radical (unpaired) electrons. The molecule has 0 amide bonds. The number of nitrogens with zero attached hydrogens (tertiary/aromatic N) is 1. The van der Waals surface area contributed by atoms with Crippen LogP contribution in [0.2, 0.25) is 10.0 Å². The minimum atomic E-state index is -2.67. The van der Waals surface area contributed by atoms with Gasteiger partial charge in [-0.15, -0.1) is 0 Å². The summed E-state index contributed by atoms with van der Waals surface area (Å²) in [5, 5.41) is 0.864. The first-order valence-electron chi connectivity index (χ1n) is 5.26. The smallest absolute Gasteiger partial charge is 0.259 e. The van der Waals surface area contributed by atoms with Crippen molar-refractivity contribution in [2.75, 3.05) is 0 Å². The lowest BCUT2D eigenvalue weighted by Gasteiger charge is -1.99. The number of alkyl halides is 2. The zero-order valence-corrected chi connectivity index (χ0v) is 10.5. The Hall–Kier alpha value is -1.13. The van der Waals surface area contributed by atoms with Gasteiger partial charge in [0, 0.05) is 11.4 Å². The van der Waals surface area contributed by atoms with Crippen LogP contribution in [0.5, 0.6) is 0 Å². The second-order valence-corrected chi connectivity index (χ2v) is 5.05. The van der Waals surface area contributed by atoms with E-state index in [2.05, 4.69) is 4.98 Å². The first-order valence-corrected chi connectivity index (χ1v) is 6.02. The molecular formula is C12H7Cl2F2NO. The molecule has 0 N–H and O–H groups in total. The Balaban J connectivity index is 1.94. The van der Waals surface area contributed by atoms with Crippen LogP contribution in [0.4, 0.5) is 8.78 Å². The van der Waals surface area contributed by atoms with Crippen LogP contribution >= 0.6 is 23.2 Å². The van der Waals surface area contributed by atoms with E-state index < -0.39 is 11.8 Å². The monoisotopic (exact) mass is 289 g/mol. The lowest BCUT2D eigenvalue weighted by atomic mass is 10.2. The molecule has 0 saturated heterocycles. The third-order valence-corrected chi connectivity index (χ3v) is 3.40. The molecule has 2 aromatic rings. The molecule has 0 aliphatic heterocycles. The Morgan fingerprint density at radius 3 is 2.67 bits per heavy atom. The highest BCUT2D eigenvalue weighted by molar-refractivity contribution is 6.36. The molecule has 1 aliphatic carbocycles. The second-order valence-electron chi connectivity index (χ2n) is 4.21. The van der Waals surface area contributed by atoms with Crippen LogP contribution in [0.1, 0.15) is 18.1 Å². The summed E-state index contributed by atoms with van der Waals surface area (Å²) < 4.78 is 31.1. The van der Waals surface area contributed by atoms with E-state index in [4.69, 9.17) is 27.6 Å². The van der Waals surface area contributed by atoms with Crippen LogP contribution in [-0.2, 0) is 0 Å². The van der Waals surface area contributed by atoms with Crippen molar-refractivity contribution in [3.8, 4) is 11.5 Å². The molecule has 1 unspecified atom stereocenters. The first-order chi connectivity index (χ1) is 8.47. The van der Waals surface area contributed by atoms with Gasteiger partial charge in [0.15, 0.2) is 0 Å². The van der Waals surface area contributed by atoms with Crippen LogP contribution in [0.15, 0.2) is 28.8 Å². The van der Waals surface area contributed by atoms with Gasteiger partial charge in [0.25, 0.3) is 5.92 Å². The molecule has 0 bridgehead atoms. The van der Waals surface area contributed by atoms with Crippen molar-refractivity contribution in [1.29, 1.82) is 0 Å². The van der Waals surface area contributed by atoms with E-state index in [-0.39, 0.29) is 18.1 Å². The van der Waals surface area contributed by atoms with E-state index in [0.29, 0.717) is 15.6 Å². The van der Waals surface area contributed by atoms with E-state index in [9.17, 15) is 8.78 Å². The molecule has 3 rings (SSSR count). The highest BCUT2D eigenvalue weighted by atomic mass is 35.5. The predicted molar refractivity (Wildman–Crippen MR) is 64.3 cm³/mol. The minimum Gasteiger partial charge on any atom is -0.441 e. The molecule has 6 heteroatoms. The van der Waals surface area contributed by atoms with Crippen molar-refractivity contribution in [2.45, 2.75) is 18.3 Å². The Morgan fingerprint density at radius 1 is 1.33 bits per heavy atom. The number of halogens is 4. The van der Waals surface area contributed by atoms with Crippen molar-refractivity contribution >= 4 is 23.2 Å². The van der Waals surface area contributed by atoms with Gasteiger partial charge < -0.3 is 4.42 Å². The summed E-state index contributed by atoms with van der Waals surface area (Å²) >= 11 is 11.8. The van der Waals surface area contributed by atoms with Crippen molar-refractivity contribution in [3.63, 3.8) is 0 Å². The number of aromatic nitrogens is 1. The number of rotatable bonds is 2. The molecule has 1 aromatic heterocycles. The summed E-state index contributed by atoms with van der Waals surface area (Å²) in [5.74, 6) is -3.10. The van der Waals surface area contributed by atoms with Crippen LogP contribution in [0.25, 0.3) is 11.5 Å². The Bertz CT molecular complexity index is 612. The summed E-state index contributed by atoms with van der Waals surface area (Å²) in [7, 11) is 0. The largest absolute Gasteiger partial charge is 0.441 e. The van der Waals surface area contributed by atoms with Gasteiger partial charge in [-0.3, -0.25) is 0 Å². The van der Waals surface area contributed by atoms with Crippen molar-refractivity contribution in [3.05, 3.63) is 40.2 Å². The second kappa shape index (κ2) is 3.93. The molecule has 1 atom stereocenters. The number of hydrogen-bond acceptors (Lipinski definition) is 2. The van der Waals surface area contributed by atoms with Crippen molar-refractivity contribution in [2.24, 2.45) is 0 Å². The van der Waals surface area contributed by atoms with Gasteiger partial charge in [0.2, 0.25) is 5.89 Å². The molecular weight excluding hydrogens is 283 g/mol. The van der Waals surface area contributed by atoms with E-state index in [1.54, 1.807) is 18.2 Å². The van der Waals surface area contributed by atoms with Crippen LogP contribution < -0.4 is 0 Å². The van der Waals surface area contributed by atoms with Gasteiger partial charge in [0.1, 0.15) is 5.76 Å². The van der Waals surface area contributed by atoms with Gasteiger partial charge in [-0.05, 0) is 18.2 Å². The molecule has 1 saturated carbocycles. The highest BCUT2D eigenvalue weighted by Gasteiger charge is 2.59. The maximum absolute atomic E-state index is 12.9. The van der Waals surface area contributed by atoms with Gasteiger partial charge in [-0.25, -0.2) is 13.8 Å². The Kier molecular flexibility index (Phi) is 2.61. The van der Waals surface area contributed by atoms with Crippen molar-refractivity contribution < 1.29 is 13.2 Å². The fourth-order valence-electron chi connectivity index (χ4n) is 1.76. The summed E-state index contributed by atoms with van der Waals surface area (Å²) in [6.45, 7) is 0. The zero-order chi connectivity index (χ0) is 12.9. The van der Waals surface area contributed by atoms with Crippen LogP contribution in [0, 0.1) is 0 Å². The van der Waals surface area contributed by atoms with Gasteiger partial charge in [-0.1, -0.05) is 23.2 Å². The summed E-state index contributed by atoms with van der Waals surface area (Å²) in [5.41, 5.74) is 0.538. The van der Waals surface area contributed by atoms with Crippen LogP contribution in [-0.4, -0.2) is 10.9 Å². The number of benzene rings is 1. The summed E-state index contributed by atoms with van der Waals surface area (Å²) in [4.78, 5) is 3.98. The maximum Gasteiger partial charge on any atom is 0.259 e. The van der Waals surface area contributed by atoms with Crippen LogP contribution in [0.3, 0.4) is 0 Å². The molecule has 18 heavy (non-hydrogen) atoms. The third-order valence-electron chi connectivity index (χ3n) is 2.85. The zero-order valence-electron chi connectivity index (χ0n) is 8.96. The third kappa shape index (κ3) is 1.99. The SMILES string of the molecule is FC1(F)CC1c1cnc(-c2ccc(Cl)cc2Cl)o1. The molecule has 0 spiro atoms. The predicted octanol–water partition coefficient (Wildman–Crippen LogP) is 4.77. The van der Waals surface area contributed by atoms with E-state index >= 15 is 0 Å². The molecule has 1 aliphatic rings. The topological polar surface area (TPSA) is 26.0 Å². The standard InChI is InChI=1S/C12H7Cl2F2NO/c13-6-1-2-7(9(14)3-6)11-17-5-10(18-11)8-4-12(8,15)16/h1-3,5,8H,4H2. The molecule has 1 aromatic carbocycles. The molecule has 94 valence electrons. The normalized spacial score (nSPS) is 21.0. The minimum absolute atomic E-state index is 0.185. The molecule has 1 fully saturated rings. The quantitative estimate of drug-likeness (QED) is 0.796. The fraction of sp³-hybridized carbons (Fsp3) is 0.250. The Morgan fingerprint density at radius 2 is 2.06 bits per heavy atom. The molecule has 2 nitrogen and oxygen atoms in total. The van der Waals surface area contributed by atoms with E-state index in [1.807, 2.05) is 0 Å². The average molecular weight is 290 g/mol. The summed E-state index contributed by atoms with van der Waals surface area (Å²) in [6, 6.07) is 4.83. The first kappa shape index (κ1) is 11.9. The Labute approximate surface area is 112 Å². The van der Waals surface area contributed by atoms with Crippen molar-refractivity contribution in [1.82, 2.24) is 4.98 Å². The molecule has 1 heterocycles. The van der Waals surface area contributed by atoms with Gasteiger partial charge >= 0.3 is 0 Å². The van der Waals surface area contributed by atoms with E-state index in [1.165, 1.54) is 6.20 Å². The maximum atomic E-state index is 12.9. The van der Waals surface area contributed by atoms with Gasteiger partial charge in [0.05, 0.1) is 22.7 Å². The van der Waals surface area contributed by atoms with Gasteiger partial charge in [-0.2, -0.15) is 0 Å². The average Bonchev–Trinajstić information content (AvgIpc) is 2.74. The highest BCUT2D eigenvalue weighted by Crippen LogP contribution is 2.56. The van der Waals surface area contributed by atoms with E-state index in [0.717, 1.165) is 0 Å². The summed E-state index contributed by atoms with van der Waals surface area (Å²) in [6.07, 6.45) is 1.14.